The van der Waals surface area contributed by atoms with Crippen LogP contribution in [-0.2, 0) is 16.1 Å². The molecule has 2 aliphatic heterocycles. The lowest BCUT2D eigenvalue weighted by molar-refractivity contribution is -0.141. The standard InChI is InChI=1S/C20H20ClNO4/c21-16-4-1-3-13(10-16)14-9-15-12-22(20(24)18-5-2-7-25-18)6-8-26-19(15)17(23)11-14/h1,3-4,9-11,18,23H,2,5-8,12H2/t18-/m0/s1. The Balaban J connectivity index is 1.66. The van der Waals surface area contributed by atoms with E-state index in [1.165, 1.54) is 0 Å². The highest BCUT2D eigenvalue weighted by Crippen LogP contribution is 2.38. The van der Waals surface area contributed by atoms with Gasteiger partial charge in [-0.2, -0.15) is 0 Å². The van der Waals surface area contributed by atoms with Crippen molar-refractivity contribution in [3.63, 3.8) is 0 Å². The molecule has 0 aromatic heterocycles. The van der Waals surface area contributed by atoms with Crippen LogP contribution in [0.4, 0.5) is 0 Å². The van der Waals surface area contributed by atoms with Crippen molar-refractivity contribution in [3.8, 4) is 22.6 Å². The van der Waals surface area contributed by atoms with Gasteiger partial charge in [-0.25, -0.2) is 0 Å². The molecule has 1 atom stereocenters. The Labute approximate surface area is 157 Å². The molecule has 4 rings (SSSR count). The molecule has 0 saturated carbocycles. The minimum absolute atomic E-state index is 0.00778. The van der Waals surface area contributed by atoms with E-state index >= 15 is 0 Å². The molecule has 0 unspecified atom stereocenters. The lowest BCUT2D eigenvalue weighted by Gasteiger charge is -2.23. The van der Waals surface area contributed by atoms with Gasteiger partial charge in [0.2, 0.25) is 0 Å². The second kappa shape index (κ2) is 7.17. The summed E-state index contributed by atoms with van der Waals surface area (Å²) < 4.78 is 11.3. The fraction of sp³-hybridized carbons (Fsp3) is 0.350. The third-order valence-corrected chi connectivity index (χ3v) is 5.02. The molecule has 1 saturated heterocycles. The van der Waals surface area contributed by atoms with Crippen molar-refractivity contribution in [1.82, 2.24) is 4.90 Å². The van der Waals surface area contributed by atoms with Crippen LogP contribution in [0.25, 0.3) is 11.1 Å². The van der Waals surface area contributed by atoms with Crippen molar-refractivity contribution >= 4 is 17.5 Å². The van der Waals surface area contributed by atoms with E-state index in [-0.39, 0.29) is 17.8 Å². The lowest BCUT2D eigenvalue weighted by atomic mass is 10.0. The Morgan fingerprint density at radius 2 is 2.08 bits per heavy atom. The van der Waals surface area contributed by atoms with E-state index in [0.717, 1.165) is 29.5 Å². The van der Waals surface area contributed by atoms with E-state index < -0.39 is 0 Å². The van der Waals surface area contributed by atoms with Crippen LogP contribution in [0.5, 0.6) is 11.5 Å². The summed E-state index contributed by atoms with van der Waals surface area (Å²) in [5.74, 6) is 0.508. The predicted molar refractivity (Wildman–Crippen MR) is 98.4 cm³/mol. The maximum absolute atomic E-state index is 12.7. The first kappa shape index (κ1) is 17.2. The largest absolute Gasteiger partial charge is 0.504 e. The average Bonchev–Trinajstić information content (AvgIpc) is 3.08. The monoisotopic (exact) mass is 373 g/mol. The topological polar surface area (TPSA) is 59.0 Å². The fourth-order valence-electron chi connectivity index (χ4n) is 3.50. The predicted octanol–water partition coefficient (Wildman–Crippen LogP) is 3.61. The smallest absolute Gasteiger partial charge is 0.252 e. The number of amides is 1. The van der Waals surface area contributed by atoms with E-state index in [1.54, 1.807) is 17.0 Å². The van der Waals surface area contributed by atoms with Crippen molar-refractivity contribution in [2.75, 3.05) is 19.8 Å². The van der Waals surface area contributed by atoms with Crippen molar-refractivity contribution < 1.29 is 19.4 Å². The molecule has 2 heterocycles. The minimum atomic E-state index is -0.360. The van der Waals surface area contributed by atoms with E-state index in [9.17, 15) is 9.90 Å². The molecule has 5 nitrogen and oxygen atoms in total. The lowest BCUT2D eigenvalue weighted by Crippen LogP contribution is -2.39. The number of hydrogen-bond acceptors (Lipinski definition) is 4. The van der Waals surface area contributed by atoms with Crippen molar-refractivity contribution in [2.45, 2.75) is 25.5 Å². The second-order valence-electron chi connectivity index (χ2n) is 6.60. The number of carbonyl (C=O) groups is 1. The molecule has 26 heavy (non-hydrogen) atoms. The summed E-state index contributed by atoms with van der Waals surface area (Å²) in [5.41, 5.74) is 2.51. The fourth-order valence-corrected chi connectivity index (χ4v) is 3.69. The third-order valence-electron chi connectivity index (χ3n) is 4.79. The Bertz CT molecular complexity index is 833. The van der Waals surface area contributed by atoms with Crippen LogP contribution in [0.15, 0.2) is 36.4 Å². The van der Waals surface area contributed by atoms with Gasteiger partial charge in [0.15, 0.2) is 11.5 Å². The molecular formula is C20H20ClNO4. The van der Waals surface area contributed by atoms with E-state index in [1.807, 2.05) is 24.3 Å². The quantitative estimate of drug-likeness (QED) is 0.873. The number of ether oxygens (including phenoxy) is 2. The molecule has 6 heteroatoms. The van der Waals surface area contributed by atoms with Gasteiger partial charge in [-0.15, -0.1) is 0 Å². The van der Waals surface area contributed by atoms with E-state index in [4.69, 9.17) is 21.1 Å². The third kappa shape index (κ3) is 3.37. The van der Waals surface area contributed by atoms with Gasteiger partial charge < -0.3 is 19.5 Å². The molecule has 2 aromatic rings. The second-order valence-corrected chi connectivity index (χ2v) is 7.04. The number of nitrogens with zero attached hydrogens (tertiary/aromatic N) is 1. The molecule has 2 aliphatic rings. The summed E-state index contributed by atoms with van der Waals surface area (Å²) in [6, 6.07) is 11.1. The summed E-state index contributed by atoms with van der Waals surface area (Å²) in [6.45, 7) is 1.84. The van der Waals surface area contributed by atoms with E-state index in [2.05, 4.69) is 0 Å². The number of rotatable bonds is 2. The van der Waals surface area contributed by atoms with Crippen LogP contribution < -0.4 is 4.74 Å². The zero-order valence-corrected chi connectivity index (χ0v) is 15.0. The highest BCUT2D eigenvalue weighted by molar-refractivity contribution is 6.30. The van der Waals surface area contributed by atoms with Gasteiger partial charge in [-0.05, 0) is 48.2 Å². The van der Waals surface area contributed by atoms with Crippen LogP contribution in [0, 0.1) is 0 Å². The average molecular weight is 374 g/mol. The summed E-state index contributed by atoms with van der Waals surface area (Å²) in [7, 11) is 0. The number of carbonyl (C=O) groups excluding carboxylic acids is 1. The van der Waals surface area contributed by atoms with Gasteiger partial charge in [-0.1, -0.05) is 23.7 Å². The SMILES string of the molecule is O=C([C@@H]1CCCO1)N1CCOc2c(O)cc(-c3cccc(Cl)c3)cc2C1. The molecule has 1 N–H and O–H groups in total. The maximum atomic E-state index is 12.7. The van der Waals surface area contributed by atoms with Crippen LogP contribution >= 0.6 is 11.6 Å². The van der Waals surface area contributed by atoms with Gasteiger partial charge in [0.25, 0.3) is 5.91 Å². The molecular weight excluding hydrogens is 354 g/mol. The molecule has 0 bridgehead atoms. The first-order valence-corrected chi connectivity index (χ1v) is 9.14. The number of hydrogen-bond donors (Lipinski definition) is 1. The van der Waals surface area contributed by atoms with Gasteiger partial charge in [0.1, 0.15) is 12.7 Å². The minimum Gasteiger partial charge on any atom is -0.504 e. The molecule has 0 spiro atoms. The zero-order valence-electron chi connectivity index (χ0n) is 14.3. The van der Waals surface area contributed by atoms with Gasteiger partial charge >= 0.3 is 0 Å². The number of fused-ring (bicyclic) bond motifs is 1. The summed E-state index contributed by atoms with van der Waals surface area (Å²) >= 11 is 6.09. The number of phenolic OH excluding ortho intramolecular Hbond substituents is 1. The number of phenols is 1. The Kier molecular flexibility index (Phi) is 4.74. The molecule has 1 amide bonds. The Hall–Kier alpha value is -2.24. The normalized spacial score (nSPS) is 19.6. The highest BCUT2D eigenvalue weighted by atomic mass is 35.5. The van der Waals surface area contributed by atoms with Crippen molar-refractivity contribution in [1.29, 1.82) is 0 Å². The van der Waals surface area contributed by atoms with Crippen molar-refractivity contribution in [2.24, 2.45) is 0 Å². The maximum Gasteiger partial charge on any atom is 0.252 e. The molecule has 136 valence electrons. The molecule has 0 radical (unpaired) electrons. The summed E-state index contributed by atoms with van der Waals surface area (Å²) in [5, 5.41) is 11.1. The molecule has 0 aliphatic carbocycles. The number of benzene rings is 2. The van der Waals surface area contributed by atoms with E-state index in [0.29, 0.717) is 37.1 Å². The summed E-state index contributed by atoms with van der Waals surface area (Å²) in [6.07, 6.45) is 1.31. The van der Waals surface area contributed by atoms with Crippen LogP contribution in [-0.4, -0.2) is 41.8 Å². The van der Waals surface area contributed by atoms with Gasteiger partial charge in [0, 0.05) is 23.7 Å². The van der Waals surface area contributed by atoms with Crippen LogP contribution in [0.2, 0.25) is 5.02 Å². The van der Waals surface area contributed by atoms with Crippen molar-refractivity contribution in [3.05, 3.63) is 47.0 Å². The van der Waals surface area contributed by atoms with Gasteiger partial charge in [0.05, 0.1) is 6.54 Å². The summed E-state index contributed by atoms with van der Waals surface area (Å²) in [4.78, 5) is 14.5. The first-order chi connectivity index (χ1) is 12.6. The Morgan fingerprint density at radius 3 is 2.85 bits per heavy atom. The Morgan fingerprint density at radius 1 is 1.19 bits per heavy atom. The number of aromatic hydroxyl groups is 1. The first-order valence-electron chi connectivity index (χ1n) is 8.77. The highest BCUT2D eigenvalue weighted by Gasteiger charge is 2.30. The molecule has 2 aromatic carbocycles. The van der Waals surface area contributed by atoms with Crippen LogP contribution in [0.1, 0.15) is 18.4 Å². The number of halogens is 1. The van der Waals surface area contributed by atoms with Crippen LogP contribution in [0.3, 0.4) is 0 Å². The van der Waals surface area contributed by atoms with Gasteiger partial charge in [-0.3, -0.25) is 4.79 Å². The molecule has 1 fully saturated rings. The zero-order chi connectivity index (χ0) is 18.1.